The van der Waals surface area contributed by atoms with Crippen LogP contribution in [0.5, 0.6) is 5.75 Å². The molecule has 1 N–H and O–H groups in total. The van der Waals surface area contributed by atoms with Crippen LogP contribution in [0.3, 0.4) is 0 Å². The molecule has 2 atom stereocenters. The van der Waals surface area contributed by atoms with E-state index in [1.54, 1.807) is 0 Å². The van der Waals surface area contributed by atoms with Gasteiger partial charge in [0.1, 0.15) is 23.6 Å². The van der Waals surface area contributed by atoms with Crippen LogP contribution in [0, 0.1) is 6.92 Å². The zero-order valence-corrected chi connectivity index (χ0v) is 17.0. The van der Waals surface area contributed by atoms with Gasteiger partial charge in [0.15, 0.2) is 0 Å². The molecule has 0 saturated carbocycles. The third-order valence-corrected chi connectivity index (χ3v) is 4.93. The molecule has 0 aliphatic carbocycles. The number of fused-ring (bicyclic) bond motifs is 1. The Morgan fingerprint density at radius 1 is 1.04 bits per heavy atom. The molecule has 1 aliphatic rings. The van der Waals surface area contributed by atoms with Crippen molar-refractivity contribution in [2.24, 2.45) is 0 Å². The maximum absolute atomic E-state index is 6.38. The topological polar surface area (TPSA) is 39.7 Å². The van der Waals surface area contributed by atoms with Gasteiger partial charge in [-0.1, -0.05) is 29.8 Å². The highest BCUT2D eigenvalue weighted by molar-refractivity contribution is 5.53. The molecule has 0 spiro atoms. The predicted molar refractivity (Wildman–Crippen MR) is 109 cm³/mol. The first-order chi connectivity index (χ1) is 12.9. The molecule has 2 aromatic carbocycles. The molecule has 1 aliphatic heterocycles. The van der Waals surface area contributed by atoms with E-state index in [1.165, 1.54) is 5.56 Å². The van der Waals surface area contributed by atoms with Crippen LogP contribution in [0.2, 0.25) is 0 Å². The second kappa shape index (κ2) is 8.32. The molecule has 0 saturated heterocycles. The highest BCUT2D eigenvalue weighted by atomic mass is 16.6. The second-order valence-electron chi connectivity index (χ2n) is 7.58. The van der Waals surface area contributed by atoms with Gasteiger partial charge in [0.25, 0.3) is 0 Å². The van der Waals surface area contributed by atoms with Crippen LogP contribution in [-0.2, 0) is 16.1 Å². The molecule has 4 heteroatoms. The van der Waals surface area contributed by atoms with Crippen molar-refractivity contribution in [3.63, 3.8) is 0 Å². The molecule has 146 valence electrons. The monoisotopic (exact) mass is 369 g/mol. The molecular weight excluding hydrogens is 338 g/mol. The van der Waals surface area contributed by atoms with E-state index in [0.717, 1.165) is 29.1 Å². The largest absolute Gasteiger partial charge is 0.485 e. The molecule has 3 rings (SSSR count). The van der Waals surface area contributed by atoms with E-state index in [9.17, 15) is 0 Å². The minimum atomic E-state index is -0.489. The minimum absolute atomic E-state index is 0.169. The first-order valence-corrected chi connectivity index (χ1v) is 9.80. The number of rotatable bonds is 7. The van der Waals surface area contributed by atoms with Crippen molar-refractivity contribution < 1.29 is 14.2 Å². The number of hydrogen-bond donors (Lipinski definition) is 1. The first-order valence-electron chi connectivity index (χ1n) is 9.80. The molecule has 27 heavy (non-hydrogen) atoms. The fraction of sp³-hybridized carbons (Fsp3) is 0.478. The number of aryl methyl sites for hydroxylation is 1. The fourth-order valence-corrected chi connectivity index (χ4v) is 3.56. The summed E-state index contributed by atoms with van der Waals surface area (Å²) < 4.78 is 18.9. The number of benzene rings is 2. The van der Waals surface area contributed by atoms with Crippen molar-refractivity contribution in [1.29, 1.82) is 0 Å². The van der Waals surface area contributed by atoms with Crippen LogP contribution in [0.1, 0.15) is 50.5 Å². The van der Waals surface area contributed by atoms with Crippen LogP contribution in [0.15, 0.2) is 42.5 Å². The SMILES string of the molecule is CCNc1ccc2c(c1)C(OCC)C(OCc1ccc(C)cc1)C(C)(C)O2. The summed E-state index contributed by atoms with van der Waals surface area (Å²) in [5.41, 5.74) is 4.03. The number of nitrogens with one attached hydrogen (secondary N) is 1. The summed E-state index contributed by atoms with van der Waals surface area (Å²) in [5.74, 6) is 0.871. The van der Waals surface area contributed by atoms with Gasteiger partial charge < -0.3 is 19.5 Å². The predicted octanol–water partition coefficient (Wildman–Crippen LogP) is 5.26. The molecule has 2 aromatic rings. The van der Waals surface area contributed by atoms with Crippen LogP contribution in [0.25, 0.3) is 0 Å². The Kier molecular flexibility index (Phi) is 6.08. The molecule has 0 aromatic heterocycles. The summed E-state index contributed by atoms with van der Waals surface area (Å²) in [5, 5.41) is 3.37. The lowest BCUT2D eigenvalue weighted by atomic mass is 9.87. The zero-order valence-electron chi connectivity index (χ0n) is 17.0. The van der Waals surface area contributed by atoms with Crippen molar-refractivity contribution in [1.82, 2.24) is 0 Å². The summed E-state index contributed by atoms with van der Waals surface area (Å²) in [7, 11) is 0. The Morgan fingerprint density at radius 2 is 1.78 bits per heavy atom. The second-order valence-corrected chi connectivity index (χ2v) is 7.58. The fourth-order valence-electron chi connectivity index (χ4n) is 3.56. The van der Waals surface area contributed by atoms with E-state index in [1.807, 2.05) is 13.0 Å². The van der Waals surface area contributed by atoms with Crippen molar-refractivity contribution >= 4 is 5.69 Å². The average Bonchev–Trinajstić information content (AvgIpc) is 2.63. The number of hydrogen-bond acceptors (Lipinski definition) is 4. The van der Waals surface area contributed by atoms with Crippen molar-refractivity contribution in [2.75, 3.05) is 18.5 Å². The van der Waals surface area contributed by atoms with Gasteiger partial charge >= 0.3 is 0 Å². The summed E-state index contributed by atoms with van der Waals surface area (Å²) in [6, 6.07) is 14.6. The third-order valence-electron chi connectivity index (χ3n) is 4.93. The van der Waals surface area contributed by atoms with Crippen LogP contribution in [-0.4, -0.2) is 24.9 Å². The normalized spacial score (nSPS) is 20.6. The van der Waals surface area contributed by atoms with Crippen LogP contribution < -0.4 is 10.1 Å². The summed E-state index contributed by atoms with van der Waals surface area (Å²) >= 11 is 0. The Hall–Kier alpha value is -2.04. The lowest BCUT2D eigenvalue weighted by molar-refractivity contribution is -0.165. The third kappa shape index (κ3) is 4.45. The van der Waals surface area contributed by atoms with Crippen molar-refractivity contribution in [3.8, 4) is 5.75 Å². The highest BCUT2D eigenvalue weighted by Crippen LogP contribution is 2.44. The summed E-state index contributed by atoms with van der Waals surface area (Å²) in [6.07, 6.45) is -0.374. The summed E-state index contributed by atoms with van der Waals surface area (Å²) in [6.45, 7) is 12.4. The van der Waals surface area contributed by atoms with Crippen molar-refractivity contribution in [3.05, 3.63) is 59.2 Å². The van der Waals surface area contributed by atoms with E-state index in [0.29, 0.717) is 13.2 Å². The van der Waals surface area contributed by atoms with Gasteiger partial charge in [-0.2, -0.15) is 0 Å². The Bertz CT molecular complexity index is 755. The Labute approximate surface area is 162 Å². The van der Waals surface area contributed by atoms with Gasteiger partial charge in [-0.3, -0.25) is 0 Å². The molecule has 0 amide bonds. The molecule has 4 nitrogen and oxygen atoms in total. The van der Waals surface area contributed by atoms with E-state index >= 15 is 0 Å². The molecule has 0 bridgehead atoms. The molecule has 1 heterocycles. The van der Waals surface area contributed by atoms with Crippen molar-refractivity contribution in [2.45, 2.75) is 59.0 Å². The highest BCUT2D eigenvalue weighted by Gasteiger charge is 2.45. The van der Waals surface area contributed by atoms with Crippen LogP contribution >= 0.6 is 0 Å². The zero-order chi connectivity index (χ0) is 19.4. The van der Waals surface area contributed by atoms with E-state index in [2.05, 4.69) is 69.4 Å². The van der Waals surface area contributed by atoms with Gasteiger partial charge in [0.2, 0.25) is 0 Å². The quantitative estimate of drug-likeness (QED) is 0.722. The van der Waals surface area contributed by atoms with Gasteiger partial charge in [-0.25, -0.2) is 0 Å². The summed E-state index contributed by atoms with van der Waals surface area (Å²) in [4.78, 5) is 0. The number of anilines is 1. The van der Waals surface area contributed by atoms with Gasteiger partial charge in [-0.15, -0.1) is 0 Å². The Balaban J connectivity index is 1.88. The maximum atomic E-state index is 6.38. The van der Waals surface area contributed by atoms with Gasteiger partial charge in [-0.05, 0) is 58.4 Å². The maximum Gasteiger partial charge on any atom is 0.132 e. The molecular formula is C23H31NO3. The average molecular weight is 370 g/mol. The van der Waals surface area contributed by atoms with E-state index in [4.69, 9.17) is 14.2 Å². The molecule has 2 unspecified atom stereocenters. The standard InChI is InChI=1S/C23H31NO3/c1-6-24-18-12-13-20-19(14-18)21(25-7-2)22(23(4,5)27-20)26-15-17-10-8-16(3)9-11-17/h8-14,21-22,24H,6-7,15H2,1-5H3. The van der Waals surface area contributed by atoms with Gasteiger partial charge in [0, 0.05) is 24.4 Å². The lowest BCUT2D eigenvalue weighted by Gasteiger charge is -2.44. The van der Waals surface area contributed by atoms with E-state index < -0.39 is 5.60 Å². The lowest BCUT2D eigenvalue weighted by Crippen LogP contribution is -2.51. The smallest absolute Gasteiger partial charge is 0.132 e. The molecule has 0 radical (unpaired) electrons. The van der Waals surface area contributed by atoms with E-state index in [-0.39, 0.29) is 12.2 Å². The molecule has 0 fully saturated rings. The Morgan fingerprint density at radius 3 is 2.44 bits per heavy atom. The van der Waals surface area contributed by atoms with Crippen LogP contribution in [0.4, 0.5) is 5.69 Å². The first kappa shape index (κ1) is 19.7. The minimum Gasteiger partial charge on any atom is -0.485 e. The van der Waals surface area contributed by atoms with Gasteiger partial charge in [0.05, 0.1) is 6.61 Å². The number of ether oxygens (including phenoxy) is 3.